The molecule has 12 aromatic rings. The Balaban J connectivity index is 0.987. The van der Waals surface area contributed by atoms with Gasteiger partial charge in [0.05, 0.1) is 22.1 Å². The number of rotatable bonds is 5. The zero-order valence-electron chi connectivity index (χ0n) is 30.9. The molecule has 0 saturated heterocycles. The molecule has 9 aromatic carbocycles. The van der Waals surface area contributed by atoms with Gasteiger partial charge in [-0.25, -0.2) is 0 Å². The smallest absolute Gasteiger partial charge is 0.135 e. The maximum atomic E-state index is 6.44. The number of benzene rings is 9. The summed E-state index contributed by atoms with van der Waals surface area (Å²) in [7, 11) is 0. The van der Waals surface area contributed by atoms with Crippen LogP contribution in [0.3, 0.4) is 0 Å². The number of aromatic nitrogens is 2. The minimum atomic E-state index is 0.888. The lowest BCUT2D eigenvalue weighted by Crippen LogP contribution is -1.94. The van der Waals surface area contributed by atoms with Gasteiger partial charge in [-0.05, 0) is 118 Å². The third kappa shape index (κ3) is 4.99. The summed E-state index contributed by atoms with van der Waals surface area (Å²) in [5, 5.41) is 7.21. The van der Waals surface area contributed by atoms with Crippen LogP contribution >= 0.6 is 0 Å². The number of fused-ring (bicyclic) bond motifs is 9. The van der Waals surface area contributed by atoms with Gasteiger partial charge >= 0.3 is 0 Å². The Morgan fingerprint density at radius 1 is 0.246 bits per heavy atom. The highest BCUT2D eigenvalue weighted by Crippen LogP contribution is 2.40. The van der Waals surface area contributed by atoms with Gasteiger partial charge in [-0.2, -0.15) is 0 Å². The lowest BCUT2D eigenvalue weighted by Gasteiger charge is -2.10. The fraction of sp³-hybridized carbons (Fsp3) is 0. The Kier molecular flexibility index (Phi) is 6.93. The van der Waals surface area contributed by atoms with E-state index in [1.807, 2.05) is 0 Å². The molecule has 0 N–H and O–H groups in total. The number of para-hydroxylation sites is 3. The zero-order chi connectivity index (χ0) is 37.5. The molecule has 3 heteroatoms. The van der Waals surface area contributed by atoms with Gasteiger partial charge in [-0.15, -0.1) is 0 Å². The Bertz CT molecular complexity index is 3460. The molecule has 0 amide bonds. The molecule has 0 aliphatic carbocycles. The molecule has 12 rings (SSSR count). The van der Waals surface area contributed by atoms with E-state index in [2.05, 4.69) is 215 Å². The van der Waals surface area contributed by atoms with Crippen molar-refractivity contribution in [3.63, 3.8) is 0 Å². The summed E-state index contributed by atoms with van der Waals surface area (Å²) in [6.45, 7) is 0. The summed E-state index contributed by atoms with van der Waals surface area (Å²) in [6.07, 6.45) is 0. The number of furan rings is 1. The molecule has 0 saturated carbocycles. The van der Waals surface area contributed by atoms with Crippen LogP contribution in [-0.2, 0) is 0 Å². The second-order valence-electron chi connectivity index (χ2n) is 14.9. The number of nitrogens with zero attached hydrogens (tertiary/aromatic N) is 2. The predicted octanol–water partition coefficient (Wildman–Crippen LogP) is 14.8. The second kappa shape index (κ2) is 12.5. The average molecular weight is 727 g/mol. The molecule has 3 aromatic heterocycles. The minimum absolute atomic E-state index is 0.888. The maximum absolute atomic E-state index is 6.44. The van der Waals surface area contributed by atoms with Crippen molar-refractivity contribution in [3.05, 3.63) is 206 Å². The molecule has 0 radical (unpaired) electrons. The van der Waals surface area contributed by atoms with E-state index >= 15 is 0 Å². The van der Waals surface area contributed by atoms with Crippen molar-refractivity contribution in [2.24, 2.45) is 0 Å². The molecule has 0 fully saturated rings. The topological polar surface area (TPSA) is 23.0 Å². The predicted molar refractivity (Wildman–Crippen MR) is 239 cm³/mol. The molecular weight excluding hydrogens is 693 g/mol. The molecule has 0 aliphatic rings. The summed E-state index contributed by atoms with van der Waals surface area (Å²) in [5.41, 5.74) is 15.9. The van der Waals surface area contributed by atoms with Crippen LogP contribution in [0.25, 0.3) is 110 Å². The molecule has 3 heterocycles. The Hall–Kier alpha value is -7.62. The van der Waals surface area contributed by atoms with E-state index in [9.17, 15) is 0 Å². The molecule has 0 spiro atoms. The third-order valence-corrected chi connectivity index (χ3v) is 11.7. The van der Waals surface area contributed by atoms with Crippen molar-refractivity contribution in [2.45, 2.75) is 0 Å². The van der Waals surface area contributed by atoms with Crippen LogP contribution < -0.4 is 0 Å². The third-order valence-electron chi connectivity index (χ3n) is 11.7. The first-order chi connectivity index (χ1) is 28.2. The second-order valence-corrected chi connectivity index (χ2v) is 14.9. The fourth-order valence-corrected chi connectivity index (χ4v) is 9.03. The van der Waals surface area contributed by atoms with Crippen LogP contribution in [0, 0.1) is 0 Å². The average Bonchev–Trinajstić information content (AvgIpc) is 3.93. The van der Waals surface area contributed by atoms with Gasteiger partial charge < -0.3 is 13.6 Å². The van der Waals surface area contributed by atoms with Crippen LogP contribution in [-0.4, -0.2) is 9.13 Å². The molecular formula is C54H34N2O. The van der Waals surface area contributed by atoms with E-state index in [1.54, 1.807) is 0 Å². The zero-order valence-corrected chi connectivity index (χ0v) is 30.9. The first-order valence-corrected chi connectivity index (χ1v) is 19.5. The number of hydrogen-bond acceptors (Lipinski definition) is 1. The normalized spacial score (nSPS) is 11.9. The Morgan fingerprint density at radius 3 is 1.25 bits per heavy atom. The first-order valence-electron chi connectivity index (χ1n) is 19.5. The van der Waals surface area contributed by atoms with Gasteiger partial charge in [0.1, 0.15) is 11.2 Å². The van der Waals surface area contributed by atoms with E-state index in [-0.39, 0.29) is 0 Å². The van der Waals surface area contributed by atoms with Crippen molar-refractivity contribution < 1.29 is 4.42 Å². The van der Waals surface area contributed by atoms with Crippen LogP contribution in [0.5, 0.6) is 0 Å². The van der Waals surface area contributed by atoms with Gasteiger partial charge in [-0.3, -0.25) is 0 Å². The van der Waals surface area contributed by atoms with Gasteiger partial charge in [0.15, 0.2) is 0 Å². The highest BCUT2D eigenvalue weighted by molar-refractivity contribution is 6.13. The molecule has 57 heavy (non-hydrogen) atoms. The number of hydrogen-bond donors (Lipinski definition) is 0. The molecule has 3 nitrogen and oxygen atoms in total. The largest absolute Gasteiger partial charge is 0.456 e. The fourth-order valence-electron chi connectivity index (χ4n) is 9.03. The summed E-state index contributed by atoms with van der Waals surface area (Å²) < 4.78 is 11.2. The summed E-state index contributed by atoms with van der Waals surface area (Å²) in [4.78, 5) is 0. The molecule has 266 valence electrons. The van der Waals surface area contributed by atoms with E-state index in [0.717, 1.165) is 50.0 Å². The van der Waals surface area contributed by atoms with E-state index in [1.165, 1.54) is 60.3 Å². The van der Waals surface area contributed by atoms with Gasteiger partial charge in [0.2, 0.25) is 0 Å². The highest BCUT2D eigenvalue weighted by Gasteiger charge is 2.17. The summed E-state index contributed by atoms with van der Waals surface area (Å²) in [6, 6.07) is 74.5. The van der Waals surface area contributed by atoms with Crippen molar-refractivity contribution in [1.82, 2.24) is 9.13 Å². The van der Waals surface area contributed by atoms with Crippen LogP contribution in [0.15, 0.2) is 211 Å². The monoisotopic (exact) mass is 726 g/mol. The Morgan fingerprint density at radius 2 is 0.649 bits per heavy atom. The van der Waals surface area contributed by atoms with Crippen LogP contribution in [0.4, 0.5) is 0 Å². The quantitative estimate of drug-likeness (QED) is 0.173. The Labute approximate surface area is 328 Å². The van der Waals surface area contributed by atoms with Crippen molar-refractivity contribution >= 4 is 65.6 Å². The lowest BCUT2D eigenvalue weighted by molar-refractivity contribution is 0.669. The SMILES string of the molecule is c1ccc(-c2ccc3c(c2)c2cc(-c4ccc5oc6ccc(-c7cccc(-n8c9ccccc9c9ccccc98)c7)cc6c5c4)ccc2n3-c2ccccc2)cc1. The molecule has 0 unspecified atom stereocenters. The molecule has 0 aliphatic heterocycles. The summed E-state index contributed by atoms with van der Waals surface area (Å²) in [5.74, 6) is 0. The highest BCUT2D eigenvalue weighted by atomic mass is 16.3. The maximum Gasteiger partial charge on any atom is 0.135 e. The van der Waals surface area contributed by atoms with E-state index in [0.29, 0.717) is 0 Å². The molecule has 0 bridgehead atoms. The molecule has 0 atom stereocenters. The van der Waals surface area contributed by atoms with Gasteiger partial charge in [0, 0.05) is 43.7 Å². The van der Waals surface area contributed by atoms with Crippen LogP contribution in [0.2, 0.25) is 0 Å². The van der Waals surface area contributed by atoms with Gasteiger partial charge in [0.25, 0.3) is 0 Å². The van der Waals surface area contributed by atoms with Crippen molar-refractivity contribution in [3.8, 4) is 44.8 Å². The van der Waals surface area contributed by atoms with Gasteiger partial charge in [-0.1, -0.05) is 121 Å². The van der Waals surface area contributed by atoms with Crippen molar-refractivity contribution in [2.75, 3.05) is 0 Å². The van der Waals surface area contributed by atoms with Crippen LogP contribution in [0.1, 0.15) is 0 Å². The van der Waals surface area contributed by atoms with E-state index < -0.39 is 0 Å². The van der Waals surface area contributed by atoms with E-state index in [4.69, 9.17) is 4.42 Å². The van der Waals surface area contributed by atoms with Crippen molar-refractivity contribution in [1.29, 1.82) is 0 Å². The lowest BCUT2D eigenvalue weighted by atomic mass is 9.98. The summed E-state index contributed by atoms with van der Waals surface area (Å²) >= 11 is 0. The minimum Gasteiger partial charge on any atom is -0.456 e. The standard InChI is InChI=1S/C54H34N2O/c1-3-12-35(13-4-1)37-22-26-51-45(31-37)46-32-38(23-27-52(46)55(51)41-15-5-2-6-16-41)40-25-29-54-48(34-40)47-33-39(24-28-53(47)57-54)36-14-11-17-42(30-36)56-49-20-9-7-18-43(49)44-19-8-10-21-50(44)56/h1-34H. The first kappa shape index (κ1) is 31.7.